The summed E-state index contributed by atoms with van der Waals surface area (Å²) in [5, 5.41) is 15.9. The summed E-state index contributed by atoms with van der Waals surface area (Å²) in [5.41, 5.74) is 2.48. The van der Waals surface area contributed by atoms with Gasteiger partial charge < -0.3 is 15.7 Å². The molecule has 3 amide bonds. The molecule has 1 unspecified atom stereocenters. The summed E-state index contributed by atoms with van der Waals surface area (Å²) < 4.78 is 0. The summed E-state index contributed by atoms with van der Waals surface area (Å²) in [5.74, 6) is 4.30. The molecular weight excluding hydrogens is 338 g/mol. The number of carbonyl (C=O) groups excluding carboxylic acids is 2. The number of thioether (sulfide) groups is 1. The molecular formula is C13H23N5O5S. The maximum Gasteiger partial charge on any atom is 0.322 e. The second-order valence-electron chi connectivity index (χ2n) is 5.72. The van der Waals surface area contributed by atoms with Crippen LogP contribution in [-0.2, 0) is 14.5 Å². The summed E-state index contributed by atoms with van der Waals surface area (Å²) in [6, 6.07) is -0.898. The fourth-order valence-corrected chi connectivity index (χ4v) is 4.40. The summed E-state index contributed by atoms with van der Waals surface area (Å²) in [6.45, 7) is 1.61. The molecule has 2 saturated heterocycles. The number of nitrogens with zero attached hydrogens (tertiary/aromatic N) is 1. The first-order valence-electron chi connectivity index (χ1n) is 7.83. The lowest BCUT2D eigenvalue weighted by molar-refractivity contribution is -0.214. The smallest absolute Gasteiger partial charge is 0.322 e. The second-order valence-corrected chi connectivity index (χ2v) is 6.99. The molecule has 0 spiro atoms. The van der Waals surface area contributed by atoms with Crippen LogP contribution in [0, 0.1) is 0 Å². The molecule has 0 aromatic heterocycles. The Morgan fingerprint density at radius 2 is 2.29 bits per heavy atom. The average Bonchev–Trinajstić information content (AvgIpc) is 3.09. The van der Waals surface area contributed by atoms with Gasteiger partial charge in [0.25, 0.3) is 5.91 Å². The van der Waals surface area contributed by atoms with E-state index in [4.69, 9.17) is 5.90 Å². The van der Waals surface area contributed by atoms with Crippen molar-refractivity contribution in [1.29, 1.82) is 0 Å². The molecule has 0 aromatic rings. The summed E-state index contributed by atoms with van der Waals surface area (Å²) in [6.07, 6.45) is 1.83. The summed E-state index contributed by atoms with van der Waals surface area (Å²) in [4.78, 5) is 38.6. The lowest BCUT2D eigenvalue weighted by atomic mass is 10.0. The van der Waals surface area contributed by atoms with Crippen molar-refractivity contribution in [3.63, 3.8) is 0 Å². The van der Waals surface area contributed by atoms with Crippen molar-refractivity contribution in [3.8, 4) is 0 Å². The molecule has 2 heterocycles. The van der Waals surface area contributed by atoms with Crippen molar-refractivity contribution in [2.75, 3.05) is 5.75 Å². The van der Waals surface area contributed by atoms with Gasteiger partial charge in [-0.25, -0.2) is 4.79 Å². The zero-order valence-electron chi connectivity index (χ0n) is 13.4. The van der Waals surface area contributed by atoms with Gasteiger partial charge >= 0.3 is 12.0 Å². The molecule has 24 heavy (non-hydrogen) atoms. The van der Waals surface area contributed by atoms with Crippen LogP contribution in [-0.4, -0.2) is 57.3 Å². The van der Waals surface area contributed by atoms with Crippen molar-refractivity contribution < 1.29 is 24.4 Å². The fraction of sp³-hybridized carbons (Fsp3) is 0.769. The molecule has 136 valence electrons. The van der Waals surface area contributed by atoms with Crippen LogP contribution in [0.25, 0.3) is 0 Å². The number of rotatable bonds is 9. The number of fused-ring (bicyclic) bond motifs is 1. The Labute approximate surface area is 143 Å². The molecule has 2 rings (SSSR count). The molecule has 0 aromatic carbocycles. The van der Waals surface area contributed by atoms with E-state index in [1.54, 1.807) is 18.7 Å². The molecule has 10 nitrogen and oxygen atoms in total. The van der Waals surface area contributed by atoms with E-state index in [1.165, 1.54) is 0 Å². The number of nitrogens with two attached hydrogens (primary N) is 1. The van der Waals surface area contributed by atoms with E-state index >= 15 is 0 Å². The molecule has 2 fully saturated rings. The molecule has 0 saturated carbocycles. The van der Waals surface area contributed by atoms with Crippen LogP contribution in [0.15, 0.2) is 0 Å². The van der Waals surface area contributed by atoms with Crippen molar-refractivity contribution in [2.45, 2.75) is 56.0 Å². The van der Waals surface area contributed by atoms with E-state index in [1.807, 2.05) is 0 Å². The van der Waals surface area contributed by atoms with Gasteiger partial charge in [0.2, 0.25) is 0 Å². The molecule has 0 bridgehead atoms. The minimum atomic E-state index is -1.09. The first-order chi connectivity index (χ1) is 11.5. The third-order valence-electron chi connectivity index (χ3n) is 4.13. The normalized spacial score (nSPS) is 26.4. The van der Waals surface area contributed by atoms with Gasteiger partial charge in [-0.15, -0.1) is 5.17 Å². The van der Waals surface area contributed by atoms with E-state index in [2.05, 4.69) is 21.0 Å². The molecule has 11 heteroatoms. The molecule has 2 aliphatic rings. The van der Waals surface area contributed by atoms with Crippen LogP contribution in [0.3, 0.4) is 0 Å². The number of amides is 3. The van der Waals surface area contributed by atoms with Crippen LogP contribution in [0.5, 0.6) is 0 Å². The number of carbonyl (C=O) groups is 3. The zero-order chi connectivity index (χ0) is 17.7. The molecule has 0 aliphatic carbocycles. The van der Waals surface area contributed by atoms with Gasteiger partial charge in [0.1, 0.15) is 6.04 Å². The Bertz CT molecular complexity index is 493. The highest BCUT2D eigenvalue weighted by Gasteiger charge is 2.42. The number of carboxylic acid groups (broad SMARTS) is 1. The largest absolute Gasteiger partial charge is 0.480 e. The lowest BCUT2D eigenvalue weighted by Gasteiger charge is -2.24. The number of nitrogens with one attached hydrogen (secondary N) is 3. The predicted octanol–water partition coefficient (Wildman–Crippen LogP) is -0.676. The number of aliphatic carboxylic acids is 1. The number of hydrogen-bond acceptors (Lipinski definition) is 7. The Balaban J connectivity index is 1.80. The quantitative estimate of drug-likeness (QED) is 0.268. The highest BCUT2D eigenvalue weighted by molar-refractivity contribution is 8.00. The summed E-state index contributed by atoms with van der Waals surface area (Å²) >= 11 is 1.77. The highest BCUT2D eigenvalue weighted by atomic mass is 32.2. The molecule has 4 atom stereocenters. The monoisotopic (exact) mass is 361 g/mol. The number of hydrazine groups is 1. The van der Waals surface area contributed by atoms with Gasteiger partial charge in [0.15, 0.2) is 0 Å². The molecule has 2 aliphatic heterocycles. The van der Waals surface area contributed by atoms with Crippen LogP contribution in [0.1, 0.15) is 32.6 Å². The Hall–Kier alpha value is -1.56. The first kappa shape index (κ1) is 18.8. The van der Waals surface area contributed by atoms with Gasteiger partial charge in [-0.2, -0.15) is 28.0 Å². The van der Waals surface area contributed by atoms with Crippen molar-refractivity contribution in [3.05, 3.63) is 0 Å². The third kappa shape index (κ3) is 4.50. The Morgan fingerprint density at radius 3 is 2.92 bits per heavy atom. The maximum absolute atomic E-state index is 11.6. The van der Waals surface area contributed by atoms with Gasteiger partial charge in [-0.05, 0) is 12.8 Å². The van der Waals surface area contributed by atoms with E-state index < -0.39 is 17.9 Å². The van der Waals surface area contributed by atoms with E-state index in [9.17, 15) is 19.5 Å². The Kier molecular flexibility index (Phi) is 6.66. The number of hydroxylamine groups is 1. The van der Waals surface area contributed by atoms with Gasteiger partial charge in [0.05, 0.1) is 12.1 Å². The van der Waals surface area contributed by atoms with Crippen LogP contribution >= 0.6 is 11.8 Å². The van der Waals surface area contributed by atoms with Crippen LogP contribution in [0.4, 0.5) is 4.79 Å². The van der Waals surface area contributed by atoms with Crippen molar-refractivity contribution in [2.24, 2.45) is 5.90 Å². The van der Waals surface area contributed by atoms with E-state index in [-0.39, 0.29) is 29.8 Å². The minimum Gasteiger partial charge on any atom is -0.480 e. The summed E-state index contributed by atoms with van der Waals surface area (Å²) in [7, 11) is 0. The van der Waals surface area contributed by atoms with Gasteiger partial charge in [-0.1, -0.05) is 13.3 Å². The van der Waals surface area contributed by atoms with Crippen LogP contribution < -0.4 is 22.0 Å². The van der Waals surface area contributed by atoms with Gasteiger partial charge in [-0.3, -0.25) is 9.59 Å². The third-order valence-corrected chi connectivity index (χ3v) is 5.63. The minimum absolute atomic E-state index is 0.0873. The first-order valence-corrected chi connectivity index (χ1v) is 8.88. The average molecular weight is 361 g/mol. The molecule has 0 radical (unpaired) electrons. The number of hydrogen-bond donors (Lipinski definition) is 5. The fourth-order valence-electron chi connectivity index (χ4n) is 2.86. The second kappa shape index (κ2) is 8.51. The maximum atomic E-state index is 11.6. The lowest BCUT2D eigenvalue weighted by Crippen LogP contribution is -2.52. The Morgan fingerprint density at radius 1 is 1.54 bits per heavy atom. The SMILES string of the molecule is CCC(=O)N(NC(CCC[C@@H]1SC[C@@H]2NC(=O)N[C@@H]21)C(=O)O)ON. The predicted molar refractivity (Wildman–Crippen MR) is 86.3 cm³/mol. The topological polar surface area (TPSA) is 146 Å². The van der Waals surface area contributed by atoms with E-state index in [0.717, 1.165) is 12.2 Å². The number of urea groups is 1. The standard InChI is InChI=1S/C13H23N5O5S/c1-2-10(19)18(23-14)17-7(12(20)21)4-3-5-9-11-8(6-24-9)15-13(22)16-11/h7-9,11,17H,2-6,14H2,1H3,(H,20,21)(H2,15,16,22)/t7?,8-,9-,11-/m0/s1. The zero-order valence-corrected chi connectivity index (χ0v) is 14.2. The van der Waals surface area contributed by atoms with Crippen LogP contribution in [0.2, 0.25) is 0 Å². The van der Waals surface area contributed by atoms with E-state index in [0.29, 0.717) is 18.0 Å². The molecule has 6 N–H and O–H groups in total. The highest BCUT2D eigenvalue weighted by Crippen LogP contribution is 2.33. The van der Waals surface area contributed by atoms with Crippen molar-refractivity contribution in [1.82, 2.24) is 21.2 Å². The van der Waals surface area contributed by atoms with Gasteiger partial charge in [0, 0.05) is 17.4 Å². The van der Waals surface area contributed by atoms with Crippen molar-refractivity contribution >= 4 is 29.7 Å². The number of carboxylic acids is 1.